The minimum Gasteiger partial charge on any atom is -0.462 e. The molecule has 0 aromatic carbocycles. The van der Waals surface area contributed by atoms with Crippen LogP contribution in [0.4, 0.5) is 0 Å². The molecule has 0 spiro atoms. The van der Waals surface area contributed by atoms with Crippen LogP contribution in [0, 0.1) is 0 Å². The molecule has 0 radical (unpaired) electrons. The molecule has 64 heavy (non-hydrogen) atoms. The summed E-state index contributed by atoms with van der Waals surface area (Å²) in [5.41, 5.74) is 0. The maximum atomic E-state index is 12.3. The highest BCUT2D eigenvalue weighted by Crippen LogP contribution is 2.16. The summed E-state index contributed by atoms with van der Waals surface area (Å²) in [6, 6.07) is 0. The average Bonchev–Trinajstić information content (AvgIpc) is 3.30. The van der Waals surface area contributed by atoms with E-state index in [1.165, 1.54) is 199 Å². The first kappa shape index (κ1) is 61.6. The molecule has 0 fully saturated rings. The molecular weight excluding hydrogens is 789 g/mol. The maximum Gasteiger partial charge on any atom is 0.306 e. The molecular formula is C59H106O5. The number of hydrogen-bond donors (Lipinski definition) is 1. The fraction of sp³-hybridized carbons (Fsp3) is 0.797. The molecule has 0 amide bonds. The van der Waals surface area contributed by atoms with Crippen LogP contribution in [0.2, 0.25) is 0 Å². The molecule has 1 N–H and O–H groups in total. The number of ether oxygens (including phenoxy) is 2. The first-order valence-corrected chi connectivity index (χ1v) is 27.8. The van der Waals surface area contributed by atoms with Gasteiger partial charge in [0.25, 0.3) is 0 Å². The number of esters is 2. The fourth-order valence-electron chi connectivity index (χ4n) is 8.06. The van der Waals surface area contributed by atoms with E-state index in [9.17, 15) is 14.7 Å². The minimum atomic E-state index is -0.775. The third-order valence-corrected chi connectivity index (χ3v) is 12.3. The summed E-state index contributed by atoms with van der Waals surface area (Å²) in [4.78, 5) is 24.5. The van der Waals surface area contributed by atoms with Crippen molar-refractivity contribution in [1.82, 2.24) is 0 Å². The second-order valence-corrected chi connectivity index (χ2v) is 18.7. The summed E-state index contributed by atoms with van der Waals surface area (Å²) >= 11 is 0. The molecule has 5 heteroatoms. The molecule has 0 aromatic heterocycles. The topological polar surface area (TPSA) is 72.8 Å². The lowest BCUT2D eigenvalue weighted by Crippen LogP contribution is -2.28. The highest BCUT2D eigenvalue weighted by Gasteiger charge is 2.16. The number of rotatable bonds is 51. The molecule has 5 nitrogen and oxygen atoms in total. The van der Waals surface area contributed by atoms with Gasteiger partial charge in [-0.25, -0.2) is 0 Å². The number of unbranched alkanes of at least 4 members (excludes halogenated alkanes) is 33. The van der Waals surface area contributed by atoms with Gasteiger partial charge in [0.15, 0.2) is 6.10 Å². The van der Waals surface area contributed by atoms with Crippen molar-refractivity contribution in [3.8, 4) is 0 Å². The van der Waals surface area contributed by atoms with E-state index >= 15 is 0 Å². The van der Waals surface area contributed by atoms with Crippen LogP contribution in [0.25, 0.3) is 0 Å². The van der Waals surface area contributed by atoms with Crippen LogP contribution >= 0.6 is 0 Å². The van der Waals surface area contributed by atoms with Crippen molar-refractivity contribution in [2.75, 3.05) is 13.2 Å². The van der Waals surface area contributed by atoms with E-state index in [2.05, 4.69) is 74.6 Å². The van der Waals surface area contributed by atoms with Gasteiger partial charge in [-0.15, -0.1) is 0 Å². The normalized spacial score (nSPS) is 12.6. The molecule has 1 atom stereocenters. The SMILES string of the molecule is CCCCC/C=C\C/C=C\CCCCCCCCCCCC(=O)OCC(CO)OC(=O)CCCCCCCCCCCCCCCCCC/C=C\C/C=C\C/C=C\CCCCCCC. The summed E-state index contributed by atoms with van der Waals surface area (Å²) < 4.78 is 10.7. The molecule has 1 unspecified atom stereocenters. The number of hydrogen-bond acceptors (Lipinski definition) is 5. The van der Waals surface area contributed by atoms with Crippen molar-refractivity contribution >= 4 is 11.9 Å². The molecule has 0 heterocycles. The highest BCUT2D eigenvalue weighted by atomic mass is 16.6. The predicted molar refractivity (Wildman–Crippen MR) is 279 cm³/mol. The Bertz CT molecular complexity index is 1100. The Balaban J connectivity index is 3.47. The molecule has 0 aliphatic carbocycles. The average molecular weight is 895 g/mol. The van der Waals surface area contributed by atoms with E-state index in [4.69, 9.17) is 9.47 Å². The maximum absolute atomic E-state index is 12.3. The van der Waals surface area contributed by atoms with Crippen molar-refractivity contribution in [2.24, 2.45) is 0 Å². The van der Waals surface area contributed by atoms with Gasteiger partial charge >= 0.3 is 11.9 Å². The Morgan fingerprint density at radius 3 is 0.969 bits per heavy atom. The van der Waals surface area contributed by atoms with Gasteiger partial charge in [-0.3, -0.25) is 9.59 Å². The van der Waals surface area contributed by atoms with Crippen LogP contribution in [-0.2, 0) is 19.1 Å². The Kier molecular flexibility index (Phi) is 52.9. The Hall–Kier alpha value is -2.40. The van der Waals surface area contributed by atoms with Crippen molar-refractivity contribution in [3.05, 3.63) is 60.8 Å². The zero-order valence-electron chi connectivity index (χ0n) is 42.5. The van der Waals surface area contributed by atoms with E-state index < -0.39 is 6.10 Å². The second kappa shape index (κ2) is 54.9. The van der Waals surface area contributed by atoms with Crippen LogP contribution in [-0.4, -0.2) is 36.4 Å². The standard InChI is InChI=1S/C59H106O5/c1-3-5-7-9-11-13-15-17-19-21-23-24-25-26-27-28-29-30-31-32-33-34-36-38-40-42-44-46-48-50-52-54-59(62)64-57(55-60)56-63-58(61)53-51-49-47-45-43-41-39-37-35-22-20-18-16-14-12-10-8-6-4-2/h12,14-15,17-18,20-21,23,25-26,57,60H,3-11,13,16,19,22,24,27-56H2,1-2H3/b14-12-,17-15-,20-18-,23-21-,26-25-. The first-order chi connectivity index (χ1) is 31.6. The van der Waals surface area contributed by atoms with Gasteiger partial charge < -0.3 is 14.6 Å². The predicted octanol–water partition coefficient (Wildman–Crippen LogP) is 18.6. The molecule has 0 rings (SSSR count). The van der Waals surface area contributed by atoms with Crippen molar-refractivity contribution in [2.45, 2.75) is 290 Å². The van der Waals surface area contributed by atoms with Gasteiger partial charge in [0, 0.05) is 12.8 Å². The third-order valence-electron chi connectivity index (χ3n) is 12.3. The summed E-state index contributed by atoms with van der Waals surface area (Å²) in [5, 5.41) is 9.64. The van der Waals surface area contributed by atoms with Gasteiger partial charge in [0.05, 0.1) is 6.61 Å². The van der Waals surface area contributed by atoms with Crippen LogP contribution in [0.5, 0.6) is 0 Å². The fourth-order valence-corrected chi connectivity index (χ4v) is 8.06. The van der Waals surface area contributed by atoms with Crippen molar-refractivity contribution in [3.63, 3.8) is 0 Å². The number of aliphatic hydroxyl groups is 1. The Labute approximate surface area is 398 Å². The van der Waals surface area contributed by atoms with Gasteiger partial charge in [-0.1, -0.05) is 248 Å². The molecule has 0 aliphatic rings. The lowest BCUT2D eigenvalue weighted by Gasteiger charge is -2.15. The first-order valence-electron chi connectivity index (χ1n) is 27.8. The lowest BCUT2D eigenvalue weighted by atomic mass is 10.0. The summed E-state index contributed by atoms with van der Waals surface area (Å²) in [6.45, 7) is 4.13. The minimum absolute atomic E-state index is 0.0672. The monoisotopic (exact) mass is 895 g/mol. The van der Waals surface area contributed by atoms with Gasteiger partial charge in [-0.2, -0.15) is 0 Å². The van der Waals surface area contributed by atoms with Crippen molar-refractivity contribution < 1.29 is 24.2 Å². The van der Waals surface area contributed by atoms with Crippen LogP contribution in [0.3, 0.4) is 0 Å². The highest BCUT2D eigenvalue weighted by molar-refractivity contribution is 5.70. The van der Waals surface area contributed by atoms with Crippen LogP contribution in [0.15, 0.2) is 60.8 Å². The van der Waals surface area contributed by atoms with Gasteiger partial charge in [0.1, 0.15) is 6.61 Å². The molecule has 0 saturated heterocycles. The summed E-state index contributed by atoms with van der Waals surface area (Å²) in [5.74, 6) is -0.587. The molecule has 0 aromatic rings. The van der Waals surface area contributed by atoms with Crippen molar-refractivity contribution in [1.29, 1.82) is 0 Å². The summed E-state index contributed by atoms with van der Waals surface area (Å²) in [6.07, 6.45) is 73.3. The molecule has 0 bridgehead atoms. The number of carbonyl (C=O) groups excluding carboxylic acids is 2. The van der Waals surface area contributed by atoms with E-state index in [0.29, 0.717) is 12.8 Å². The zero-order valence-corrected chi connectivity index (χ0v) is 42.5. The largest absolute Gasteiger partial charge is 0.462 e. The number of allylic oxidation sites excluding steroid dienone is 10. The lowest BCUT2D eigenvalue weighted by molar-refractivity contribution is -0.161. The van der Waals surface area contributed by atoms with E-state index in [1.54, 1.807) is 0 Å². The third kappa shape index (κ3) is 52.2. The van der Waals surface area contributed by atoms with Crippen LogP contribution < -0.4 is 0 Å². The quantitative estimate of drug-likeness (QED) is 0.0374. The molecule has 0 saturated carbocycles. The second-order valence-electron chi connectivity index (χ2n) is 18.7. The van der Waals surface area contributed by atoms with Crippen LogP contribution in [0.1, 0.15) is 284 Å². The molecule has 372 valence electrons. The van der Waals surface area contributed by atoms with E-state index in [1.807, 2.05) is 0 Å². The zero-order chi connectivity index (χ0) is 46.3. The van der Waals surface area contributed by atoms with E-state index in [0.717, 1.165) is 57.8 Å². The smallest absolute Gasteiger partial charge is 0.306 e. The summed E-state index contributed by atoms with van der Waals surface area (Å²) in [7, 11) is 0. The van der Waals surface area contributed by atoms with Gasteiger partial charge in [0.2, 0.25) is 0 Å². The Morgan fingerprint density at radius 1 is 0.359 bits per heavy atom. The number of aliphatic hydroxyl groups excluding tert-OH is 1. The van der Waals surface area contributed by atoms with E-state index in [-0.39, 0.29) is 25.2 Å². The Morgan fingerprint density at radius 2 is 0.625 bits per heavy atom. The number of carbonyl (C=O) groups is 2. The molecule has 0 aliphatic heterocycles. The van der Waals surface area contributed by atoms with Gasteiger partial charge in [-0.05, 0) is 83.5 Å².